The second kappa shape index (κ2) is 6.04. The monoisotopic (exact) mass is 301 g/mol. The number of hydrogen-bond acceptors (Lipinski definition) is 4. The predicted octanol–water partition coefficient (Wildman–Crippen LogP) is 1.68. The summed E-state index contributed by atoms with van der Waals surface area (Å²) in [5, 5.41) is 7.05. The van der Waals surface area contributed by atoms with Crippen LogP contribution in [0.4, 0.5) is 0 Å². The minimum atomic E-state index is -0.146. The average molecular weight is 301 g/mol. The van der Waals surface area contributed by atoms with Gasteiger partial charge in [-0.2, -0.15) is 5.10 Å². The fraction of sp³-hybridized carbons (Fsp3) is 0.562. The summed E-state index contributed by atoms with van der Waals surface area (Å²) in [6, 6.07) is 2.58. The molecule has 2 aromatic rings. The molecule has 1 N–H and O–H groups in total. The van der Waals surface area contributed by atoms with Crippen LogP contribution in [0.3, 0.4) is 0 Å². The molecule has 6 nitrogen and oxygen atoms in total. The molecule has 1 saturated heterocycles. The molecule has 0 saturated carbocycles. The van der Waals surface area contributed by atoms with Gasteiger partial charge in [0.15, 0.2) is 5.65 Å². The van der Waals surface area contributed by atoms with E-state index in [0.29, 0.717) is 23.2 Å². The standard InChI is InChI=1S/C16H23N5O/c1-11(2)20-8-4-5-12(10-20)14-6-7-18-15-13(16(22)17-3)9-19-21(14)15/h6-7,9,11-12H,4-5,8,10H2,1-3H3,(H,17,22)/t12-/m1/s1. The first kappa shape index (κ1) is 15.0. The minimum absolute atomic E-state index is 0.146. The summed E-state index contributed by atoms with van der Waals surface area (Å²) in [7, 11) is 1.62. The molecule has 3 rings (SSSR count). The molecule has 1 amide bonds. The third-order valence-corrected chi connectivity index (χ3v) is 4.50. The highest BCUT2D eigenvalue weighted by Crippen LogP contribution is 2.28. The normalized spacial score (nSPS) is 19.7. The number of fused-ring (bicyclic) bond motifs is 1. The lowest BCUT2D eigenvalue weighted by molar-refractivity contribution is 0.0964. The molecule has 1 fully saturated rings. The molecule has 1 aliphatic rings. The summed E-state index contributed by atoms with van der Waals surface area (Å²) in [6.45, 7) is 6.67. The highest BCUT2D eigenvalue weighted by atomic mass is 16.1. The summed E-state index contributed by atoms with van der Waals surface area (Å²) in [6.07, 6.45) is 5.73. The molecule has 118 valence electrons. The third-order valence-electron chi connectivity index (χ3n) is 4.50. The number of rotatable bonds is 3. The zero-order valence-electron chi connectivity index (χ0n) is 13.4. The summed E-state index contributed by atoms with van der Waals surface area (Å²) in [4.78, 5) is 18.8. The van der Waals surface area contributed by atoms with Crippen molar-refractivity contribution in [1.82, 2.24) is 24.8 Å². The second-order valence-corrected chi connectivity index (χ2v) is 6.17. The molecule has 0 aliphatic carbocycles. The molecule has 2 aromatic heterocycles. The third kappa shape index (κ3) is 2.59. The van der Waals surface area contributed by atoms with Crippen LogP contribution in [0.5, 0.6) is 0 Å². The SMILES string of the molecule is CNC(=O)c1cnn2c([C@@H]3CCCN(C(C)C)C3)ccnc12. The van der Waals surface area contributed by atoms with E-state index in [2.05, 4.69) is 34.1 Å². The van der Waals surface area contributed by atoms with Gasteiger partial charge in [-0.25, -0.2) is 9.50 Å². The zero-order valence-corrected chi connectivity index (χ0v) is 13.4. The van der Waals surface area contributed by atoms with Gasteiger partial charge in [0, 0.05) is 31.7 Å². The van der Waals surface area contributed by atoms with Crippen molar-refractivity contribution < 1.29 is 4.79 Å². The van der Waals surface area contributed by atoms with Crippen LogP contribution in [0.1, 0.15) is 48.7 Å². The van der Waals surface area contributed by atoms with Crippen molar-refractivity contribution in [1.29, 1.82) is 0 Å². The van der Waals surface area contributed by atoms with Gasteiger partial charge in [-0.05, 0) is 39.3 Å². The fourth-order valence-corrected chi connectivity index (χ4v) is 3.23. The van der Waals surface area contributed by atoms with Crippen LogP contribution in [-0.4, -0.2) is 51.6 Å². The number of carbonyl (C=O) groups excluding carboxylic acids is 1. The van der Waals surface area contributed by atoms with Crippen LogP contribution in [0.15, 0.2) is 18.5 Å². The maximum atomic E-state index is 11.9. The Morgan fingerprint density at radius 1 is 1.45 bits per heavy atom. The molecular formula is C16H23N5O. The lowest BCUT2D eigenvalue weighted by Crippen LogP contribution is -2.39. The Kier molecular flexibility index (Phi) is 4.11. The van der Waals surface area contributed by atoms with Crippen LogP contribution in [0.25, 0.3) is 5.65 Å². The first-order chi connectivity index (χ1) is 10.6. The smallest absolute Gasteiger partial charge is 0.256 e. The number of amides is 1. The van der Waals surface area contributed by atoms with Crippen molar-refractivity contribution in [2.75, 3.05) is 20.1 Å². The lowest BCUT2D eigenvalue weighted by Gasteiger charge is -2.35. The molecular weight excluding hydrogens is 278 g/mol. The van der Waals surface area contributed by atoms with Crippen molar-refractivity contribution in [2.45, 2.75) is 38.6 Å². The van der Waals surface area contributed by atoms with Crippen LogP contribution in [0, 0.1) is 0 Å². The van der Waals surface area contributed by atoms with Crippen molar-refractivity contribution in [3.05, 3.63) is 29.7 Å². The van der Waals surface area contributed by atoms with E-state index in [1.807, 2.05) is 10.6 Å². The summed E-state index contributed by atoms with van der Waals surface area (Å²) in [5.41, 5.74) is 2.31. The average Bonchev–Trinajstić information content (AvgIpc) is 2.98. The number of likely N-dealkylation sites (tertiary alicyclic amines) is 1. The van der Waals surface area contributed by atoms with Gasteiger partial charge in [-0.3, -0.25) is 4.79 Å². The summed E-state index contributed by atoms with van der Waals surface area (Å²) < 4.78 is 1.83. The molecule has 3 heterocycles. The maximum Gasteiger partial charge on any atom is 0.256 e. The van der Waals surface area contributed by atoms with E-state index in [0.717, 1.165) is 25.2 Å². The van der Waals surface area contributed by atoms with Crippen LogP contribution >= 0.6 is 0 Å². The zero-order chi connectivity index (χ0) is 15.7. The first-order valence-corrected chi connectivity index (χ1v) is 7.90. The van der Waals surface area contributed by atoms with Crippen molar-refractivity contribution in [3.8, 4) is 0 Å². The molecule has 0 aromatic carbocycles. The quantitative estimate of drug-likeness (QED) is 0.937. The molecule has 6 heteroatoms. The second-order valence-electron chi connectivity index (χ2n) is 6.17. The Hall–Kier alpha value is -1.95. The van der Waals surface area contributed by atoms with Gasteiger partial charge in [0.05, 0.1) is 11.9 Å². The molecule has 1 atom stereocenters. The highest BCUT2D eigenvalue weighted by molar-refractivity contribution is 5.99. The van der Waals surface area contributed by atoms with Crippen molar-refractivity contribution >= 4 is 11.6 Å². The van der Waals surface area contributed by atoms with Gasteiger partial charge in [0.1, 0.15) is 5.56 Å². The van der Waals surface area contributed by atoms with Gasteiger partial charge < -0.3 is 10.2 Å². The van der Waals surface area contributed by atoms with Gasteiger partial charge in [0.2, 0.25) is 0 Å². The van der Waals surface area contributed by atoms with Crippen LogP contribution in [0.2, 0.25) is 0 Å². The number of hydrogen-bond donors (Lipinski definition) is 1. The molecule has 22 heavy (non-hydrogen) atoms. The van der Waals surface area contributed by atoms with Gasteiger partial charge in [-0.15, -0.1) is 0 Å². The van der Waals surface area contributed by atoms with E-state index >= 15 is 0 Å². The largest absolute Gasteiger partial charge is 0.355 e. The Morgan fingerprint density at radius 3 is 3.00 bits per heavy atom. The van der Waals surface area contributed by atoms with E-state index in [1.54, 1.807) is 19.4 Å². The minimum Gasteiger partial charge on any atom is -0.355 e. The van der Waals surface area contributed by atoms with Crippen molar-refractivity contribution in [3.63, 3.8) is 0 Å². The van der Waals surface area contributed by atoms with E-state index in [9.17, 15) is 4.79 Å². The molecule has 0 spiro atoms. The predicted molar refractivity (Wildman–Crippen MR) is 85.1 cm³/mol. The number of nitrogens with one attached hydrogen (secondary N) is 1. The molecule has 1 aliphatic heterocycles. The Bertz CT molecular complexity index is 678. The van der Waals surface area contributed by atoms with E-state index in [1.165, 1.54) is 6.42 Å². The number of piperidine rings is 1. The Balaban J connectivity index is 1.97. The van der Waals surface area contributed by atoms with Crippen LogP contribution < -0.4 is 5.32 Å². The molecule has 0 bridgehead atoms. The topological polar surface area (TPSA) is 62.5 Å². The van der Waals surface area contributed by atoms with E-state index in [-0.39, 0.29) is 5.91 Å². The van der Waals surface area contributed by atoms with Gasteiger partial charge in [0.25, 0.3) is 5.91 Å². The highest BCUT2D eigenvalue weighted by Gasteiger charge is 2.25. The molecule has 0 radical (unpaired) electrons. The summed E-state index contributed by atoms with van der Waals surface area (Å²) >= 11 is 0. The van der Waals surface area contributed by atoms with E-state index in [4.69, 9.17) is 0 Å². The lowest BCUT2D eigenvalue weighted by atomic mass is 9.93. The maximum absolute atomic E-state index is 11.9. The van der Waals surface area contributed by atoms with Crippen molar-refractivity contribution in [2.24, 2.45) is 0 Å². The van der Waals surface area contributed by atoms with Crippen LogP contribution in [-0.2, 0) is 0 Å². The fourth-order valence-electron chi connectivity index (χ4n) is 3.23. The number of nitrogens with zero attached hydrogens (tertiary/aromatic N) is 4. The number of aromatic nitrogens is 3. The first-order valence-electron chi connectivity index (χ1n) is 7.90. The Labute approximate surface area is 130 Å². The number of carbonyl (C=O) groups is 1. The van der Waals surface area contributed by atoms with E-state index < -0.39 is 0 Å². The van der Waals surface area contributed by atoms with Gasteiger partial charge >= 0.3 is 0 Å². The summed E-state index contributed by atoms with van der Waals surface area (Å²) in [5.74, 6) is 0.284. The Morgan fingerprint density at radius 2 is 2.27 bits per heavy atom. The molecule has 0 unspecified atom stereocenters. The van der Waals surface area contributed by atoms with Gasteiger partial charge in [-0.1, -0.05) is 0 Å².